The molecule has 1 saturated carbocycles. The van der Waals surface area contributed by atoms with Gasteiger partial charge in [0.2, 0.25) is 11.8 Å². The van der Waals surface area contributed by atoms with Gasteiger partial charge >= 0.3 is 0 Å². The fraction of sp³-hybridized carbons (Fsp3) is 0.238. The van der Waals surface area contributed by atoms with Crippen molar-refractivity contribution in [3.05, 3.63) is 157 Å². The monoisotopic (exact) mass is 701 g/mol. The third kappa shape index (κ3) is 9.43. The highest BCUT2D eigenvalue weighted by atomic mass is 32.2. The summed E-state index contributed by atoms with van der Waals surface area (Å²) in [6.07, 6.45) is 5.29. The number of benzene rings is 5. The molecule has 0 bridgehead atoms. The second kappa shape index (κ2) is 17.0. The minimum atomic E-state index is -4.21. The zero-order valence-electron chi connectivity index (χ0n) is 28.5. The molecule has 51 heavy (non-hydrogen) atoms. The summed E-state index contributed by atoms with van der Waals surface area (Å²) in [6.45, 7) is -0.400. The summed E-state index contributed by atoms with van der Waals surface area (Å²) in [5.41, 5.74) is 2.02. The normalized spacial score (nSPS) is 13.9. The Balaban J connectivity index is 1.36. The Labute approximate surface area is 300 Å². The van der Waals surface area contributed by atoms with Crippen LogP contribution >= 0.6 is 0 Å². The van der Waals surface area contributed by atoms with E-state index in [4.69, 9.17) is 4.74 Å². The topological polar surface area (TPSA) is 96.0 Å². The van der Waals surface area contributed by atoms with Gasteiger partial charge in [-0.1, -0.05) is 116 Å². The van der Waals surface area contributed by atoms with E-state index in [-0.39, 0.29) is 29.8 Å². The van der Waals surface area contributed by atoms with Crippen LogP contribution in [-0.4, -0.2) is 43.8 Å². The van der Waals surface area contributed by atoms with Crippen molar-refractivity contribution in [2.45, 2.75) is 62.0 Å². The second-order valence-corrected chi connectivity index (χ2v) is 14.7. The number of ether oxygens (including phenoxy) is 1. The van der Waals surface area contributed by atoms with E-state index in [0.29, 0.717) is 17.2 Å². The molecule has 2 amide bonds. The number of para-hydroxylation sites is 1. The molecule has 0 saturated heterocycles. The Morgan fingerprint density at radius 2 is 1.20 bits per heavy atom. The third-order valence-electron chi connectivity index (χ3n) is 9.13. The van der Waals surface area contributed by atoms with E-state index < -0.39 is 28.5 Å². The van der Waals surface area contributed by atoms with Gasteiger partial charge in [-0.2, -0.15) is 0 Å². The number of nitrogens with one attached hydrogen (secondary N) is 1. The van der Waals surface area contributed by atoms with E-state index in [0.717, 1.165) is 47.5 Å². The van der Waals surface area contributed by atoms with E-state index in [2.05, 4.69) is 5.32 Å². The van der Waals surface area contributed by atoms with Gasteiger partial charge in [-0.15, -0.1) is 0 Å². The molecule has 0 aliphatic heterocycles. The average Bonchev–Trinajstić information content (AvgIpc) is 3.17. The van der Waals surface area contributed by atoms with Gasteiger partial charge in [0.1, 0.15) is 24.1 Å². The number of amides is 2. The van der Waals surface area contributed by atoms with Crippen LogP contribution in [-0.2, 0) is 32.6 Å². The quantitative estimate of drug-likeness (QED) is 0.128. The predicted octanol–water partition coefficient (Wildman–Crippen LogP) is 7.76. The van der Waals surface area contributed by atoms with Gasteiger partial charge in [-0.05, 0) is 72.5 Å². The zero-order chi connectivity index (χ0) is 35.5. The fourth-order valence-electron chi connectivity index (χ4n) is 6.43. The molecule has 1 aliphatic carbocycles. The molecule has 1 aliphatic rings. The summed E-state index contributed by atoms with van der Waals surface area (Å²) in [6, 6.07) is 42.2. The smallest absolute Gasteiger partial charge is 0.264 e. The largest absolute Gasteiger partial charge is 0.457 e. The van der Waals surface area contributed by atoms with Crippen molar-refractivity contribution in [3.63, 3.8) is 0 Å². The molecule has 1 fully saturated rings. The molecular formula is C42H43N3O5S. The van der Waals surface area contributed by atoms with Crippen molar-refractivity contribution < 1.29 is 22.7 Å². The Hall–Kier alpha value is -5.41. The third-order valence-corrected chi connectivity index (χ3v) is 10.9. The molecule has 6 rings (SSSR count). The van der Waals surface area contributed by atoms with Gasteiger partial charge < -0.3 is 15.0 Å². The Kier molecular flexibility index (Phi) is 11.8. The van der Waals surface area contributed by atoms with Crippen molar-refractivity contribution in [1.82, 2.24) is 10.2 Å². The van der Waals surface area contributed by atoms with Crippen LogP contribution in [0.2, 0.25) is 0 Å². The molecule has 1 N–H and O–H groups in total. The molecule has 0 spiro atoms. The van der Waals surface area contributed by atoms with Gasteiger partial charge in [-0.25, -0.2) is 8.42 Å². The lowest BCUT2D eigenvalue weighted by atomic mass is 9.94. The summed E-state index contributed by atoms with van der Waals surface area (Å²) in [4.78, 5) is 30.6. The van der Waals surface area contributed by atoms with Crippen LogP contribution in [0.5, 0.6) is 11.5 Å². The maximum Gasteiger partial charge on any atom is 0.264 e. The van der Waals surface area contributed by atoms with Crippen LogP contribution < -0.4 is 14.4 Å². The molecule has 9 heteroatoms. The number of carbonyl (C=O) groups excluding carboxylic acids is 2. The van der Waals surface area contributed by atoms with E-state index >= 15 is 0 Å². The first-order chi connectivity index (χ1) is 24.9. The van der Waals surface area contributed by atoms with E-state index in [1.165, 1.54) is 12.1 Å². The summed E-state index contributed by atoms with van der Waals surface area (Å²) in [5, 5.41) is 3.25. The molecular weight excluding hydrogens is 659 g/mol. The number of nitrogens with zero attached hydrogens (tertiary/aromatic N) is 2. The van der Waals surface area contributed by atoms with Crippen LogP contribution in [0.25, 0.3) is 0 Å². The van der Waals surface area contributed by atoms with Crippen LogP contribution in [0.1, 0.15) is 43.2 Å². The lowest BCUT2D eigenvalue weighted by Crippen LogP contribution is -2.55. The first-order valence-electron chi connectivity index (χ1n) is 17.5. The number of hydrogen-bond donors (Lipinski definition) is 1. The van der Waals surface area contributed by atoms with Gasteiger partial charge in [0.15, 0.2) is 0 Å². The Morgan fingerprint density at radius 1 is 0.667 bits per heavy atom. The standard InChI is InChI=1S/C42H43N3O5S/c46-41(32-45(51(48,49)39-24-14-5-15-25-39)36-26-28-38(29-27-36)50-37-22-12-4-13-23-37)44(31-34-18-8-2-9-19-34)40(30-33-16-6-1-7-17-33)42(47)43-35-20-10-3-11-21-35/h1-2,4-9,12-19,22-29,35,40H,3,10-11,20-21,30-32H2,(H,43,47). The Morgan fingerprint density at radius 3 is 1.80 bits per heavy atom. The Bertz CT molecular complexity index is 1950. The van der Waals surface area contributed by atoms with E-state index in [1.54, 1.807) is 47.4 Å². The highest BCUT2D eigenvalue weighted by molar-refractivity contribution is 7.92. The highest BCUT2D eigenvalue weighted by Gasteiger charge is 2.35. The van der Waals surface area contributed by atoms with Gasteiger partial charge in [0.05, 0.1) is 10.6 Å². The van der Waals surface area contributed by atoms with Crippen molar-refractivity contribution in [3.8, 4) is 11.5 Å². The minimum absolute atomic E-state index is 0.0322. The minimum Gasteiger partial charge on any atom is -0.457 e. The molecule has 0 radical (unpaired) electrons. The van der Waals surface area contributed by atoms with Gasteiger partial charge in [0.25, 0.3) is 10.0 Å². The zero-order valence-corrected chi connectivity index (χ0v) is 29.3. The fourth-order valence-corrected chi connectivity index (χ4v) is 7.87. The summed E-state index contributed by atoms with van der Waals surface area (Å²) in [7, 11) is -4.21. The van der Waals surface area contributed by atoms with Gasteiger partial charge in [0, 0.05) is 19.0 Å². The van der Waals surface area contributed by atoms with Crippen LogP contribution in [0.4, 0.5) is 5.69 Å². The predicted molar refractivity (Wildman–Crippen MR) is 200 cm³/mol. The van der Waals surface area contributed by atoms with Gasteiger partial charge in [-0.3, -0.25) is 13.9 Å². The summed E-state index contributed by atoms with van der Waals surface area (Å²) >= 11 is 0. The maximum atomic E-state index is 14.8. The lowest BCUT2D eigenvalue weighted by Gasteiger charge is -2.35. The van der Waals surface area contributed by atoms with Crippen molar-refractivity contribution in [2.24, 2.45) is 0 Å². The van der Waals surface area contributed by atoms with Crippen molar-refractivity contribution >= 4 is 27.5 Å². The van der Waals surface area contributed by atoms with Crippen LogP contribution in [0.3, 0.4) is 0 Å². The van der Waals surface area contributed by atoms with Crippen molar-refractivity contribution in [1.29, 1.82) is 0 Å². The molecule has 0 aromatic heterocycles. The van der Waals surface area contributed by atoms with Crippen LogP contribution in [0.15, 0.2) is 150 Å². The first-order valence-corrected chi connectivity index (χ1v) is 18.9. The number of sulfonamides is 1. The van der Waals surface area contributed by atoms with E-state index in [1.807, 2.05) is 91.0 Å². The summed E-state index contributed by atoms with van der Waals surface area (Å²) < 4.78 is 35.7. The number of carbonyl (C=O) groups is 2. The molecule has 1 atom stereocenters. The maximum absolute atomic E-state index is 14.8. The average molecular weight is 702 g/mol. The number of anilines is 1. The highest BCUT2D eigenvalue weighted by Crippen LogP contribution is 2.29. The molecule has 5 aromatic carbocycles. The lowest BCUT2D eigenvalue weighted by molar-refractivity contribution is -0.140. The molecule has 262 valence electrons. The number of hydrogen-bond acceptors (Lipinski definition) is 5. The number of rotatable bonds is 14. The molecule has 5 aromatic rings. The second-order valence-electron chi connectivity index (χ2n) is 12.8. The van der Waals surface area contributed by atoms with Crippen molar-refractivity contribution in [2.75, 3.05) is 10.8 Å². The molecule has 0 heterocycles. The summed E-state index contributed by atoms with van der Waals surface area (Å²) in [5.74, 6) is 0.417. The molecule has 8 nitrogen and oxygen atoms in total. The first kappa shape index (κ1) is 35.4. The molecule has 1 unspecified atom stereocenters. The van der Waals surface area contributed by atoms with Crippen LogP contribution in [0, 0.1) is 0 Å². The van der Waals surface area contributed by atoms with E-state index in [9.17, 15) is 18.0 Å². The SMILES string of the molecule is O=C(NC1CCCCC1)C(Cc1ccccc1)N(Cc1ccccc1)C(=O)CN(c1ccc(Oc2ccccc2)cc1)S(=O)(=O)c1ccccc1.